The Morgan fingerprint density at radius 1 is 1.50 bits per heavy atom. The molecule has 3 atom stereocenters. The maximum absolute atomic E-state index is 13.0. The van der Waals surface area contributed by atoms with Crippen molar-refractivity contribution in [1.29, 1.82) is 0 Å². The molecule has 2 rings (SSSR count). The molecule has 1 aromatic rings. The lowest BCUT2D eigenvalue weighted by Crippen LogP contribution is -2.23. The van der Waals surface area contributed by atoms with E-state index in [9.17, 15) is 9.50 Å². The average Bonchev–Trinajstić information content (AvgIpc) is 2.78. The third-order valence-corrected chi connectivity index (χ3v) is 3.21. The van der Waals surface area contributed by atoms with Gasteiger partial charge in [0.1, 0.15) is 6.17 Å². The van der Waals surface area contributed by atoms with E-state index >= 15 is 0 Å². The van der Waals surface area contributed by atoms with E-state index in [1.807, 2.05) is 37.3 Å². The van der Waals surface area contributed by atoms with Crippen LogP contribution in [0.5, 0.6) is 0 Å². The monoisotopic (exact) mass is 194 g/mol. The molecule has 0 aromatic heterocycles. The summed E-state index contributed by atoms with van der Waals surface area (Å²) < 4.78 is 13.0. The molecule has 1 saturated carbocycles. The molecule has 14 heavy (non-hydrogen) atoms. The summed E-state index contributed by atoms with van der Waals surface area (Å²) in [5.74, 6) is 0. The van der Waals surface area contributed by atoms with Gasteiger partial charge in [-0.25, -0.2) is 4.39 Å². The van der Waals surface area contributed by atoms with Crippen LogP contribution < -0.4 is 0 Å². The Labute approximate surface area is 83.6 Å². The molecule has 1 nitrogen and oxygen atoms in total. The van der Waals surface area contributed by atoms with E-state index in [1.54, 1.807) is 0 Å². The number of hydrogen-bond acceptors (Lipinski definition) is 1. The fourth-order valence-electron chi connectivity index (χ4n) is 1.74. The minimum atomic E-state index is -0.818. The van der Waals surface area contributed by atoms with Crippen molar-refractivity contribution in [2.24, 2.45) is 5.41 Å². The molecule has 0 spiro atoms. The number of alkyl halides is 1. The zero-order chi connectivity index (χ0) is 10.2. The van der Waals surface area contributed by atoms with Crippen molar-refractivity contribution in [1.82, 2.24) is 0 Å². The predicted molar refractivity (Wildman–Crippen MR) is 53.8 cm³/mol. The Morgan fingerprint density at radius 3 is 2.57 bits per heavy atom. The summed E-state index contributed by atoms with van der Waals surface area (Å²) in [5.41, 5.74) is 0.580. The third kappa shape index (κ3) is 1.67. The second kappa shape index (κ2) is 3.35. The largest absolute Gasteiger partial charge is 0.392 e. The van der Waals surface area contributed by atoms with E-state index in [2.05, 4.69) is 0 Å². The Kier molecular flexibility index (Phi) is 2.31. The number of aliphatic hydroxyl groups excluding tert-OH is 1. The first-order valence-electron chi connectivity index (χ1n) is 4.99. The number of aliphatic hydroxyl groups is 1. The molecule has 0 aliphatic heterocycles. The molecule has 0 amide bonds. The van der Waals surface area contributed by atoms with Gasteiger partial charge >= 0.3 is 0 Å². The molecule has 3 unspecified atom stereocenters. The van der Waals surface area contributed by atoms with Crippen molar-refractivity contribution in [3.8, 4) is 0 Å². The summed E-state index contributed by atoms with van der Waals surface area (Å²) in [6, 6.07) is 9.73. The third-order valence-electron chi connectivity index (χ3n) is 3.21. The molecule has 2 heteroatoms. The Morgan fingerprint density at radius 2 is 2.07 bits per heavy atom. The zero-order valence-electron chi connectivity index (χ0n) is 8.28. The van der Waals surface area contributed by atoms with E-state index in [0.717, 1.165) is 5.56 Å². The molecule has 0 bridgehead atoms. The van der Waals surface area contributed by atoms with Gasteiger partial charge in [-0.05, 0) is 18.4 Å². The normalized spacial score (nSPS) is 32.6. The van der Waals surface area contributed by atoms with Gasteiger partial charge < -0.3 is 5.11 Å². The summed E-state index contributed by atoms with van der Waals surface area (Å²) in [6.07, 6.45) is -0.320. The highest BCUT2D eigenvalue weighted by Gasteiger charge is 2.55. The van der Waals surface area contributed by atoms with Crippen LogP contribution in [0.1, 0.15) is 18.9 Å². The second-order valence-electron chi connectivity index (χ2n) is 4.38. The standard InChI is InChI=1S/C12H15FO/c1-12(8-10(12)13)11(14)7-9-5-3-2-4-6-9/h2-6,10-11,14H,7-8H2,1H3. The number of benzene rings is 1. The van der Waals surface area contributed by atoms with E-state index in [4.69, 9.17) is 0 Å². The lowest BCUT2D eigenvalue weighted by atomic mass is 9.95. The fraction of sp³-hybridized carbons (Fsp3) is 0.500. The van der Waals surface area contributed by atoms with Crippen LogP contribution in [0, 0.1) is 5.41 Å². The number of hydrogen-bond donors (Lipinski definition) is 1. The fourth-order valence-corrected chi connectivity index (χ4v) is 1.74. The zero-order valence-corrected chi connectivity index (χ0v) is 8.28. The average molecular weight is 194 g/mol. The molecule has 1 aliphatic carbocycles. The highest BCUT2D eigenvalue weighted by atomic mass is 19.1. The summed E-state index contributed by atoms with van der Waals surface area (Å²) in [5, 5.41) is 9.83. The topological polar surface area (TPSA) is 20.2 Å². The summed E-state index contributed by atoms with van der Waals surface area (Å²) in [7, 11) is 0. The van der Waals surface area contributed by atoms with E-state index < -0.39 is 17.7 Å². The van der Waals surface area contributed by atoms with Gasteiger partial charge in [-0.2, -0.15) is 0 Å². The van der Waals surface area contributed by atoms with E-state index in [1.165, 1.54) is 0 Å². The maximum atomic E-state index is 13.0. The Balaban J connectivity index is 1.99. The van der Waals surface area contributed by atoms with Gasteiger partial charge in [0.2, 0.25) is 0 Å². The smallest absolute Gasteiger partial charge is 0.109 e. The summed E-state index contributed by atoms with van der Waals surface area (Å²) >= 11 is 0. The maximum Gasteiger partial charge on any atom is 0.109 e. The van der Waals surface area contributed by atoms with Crippen LogP contribution in [0.25, 0.3) is 0 Å². The number of halogens is 1. The van der Waals surface area contributed by atoms with E-state index in [0.29, 0.717) is 12.8 Å². The minimum absolute atomic E-state index is 0.490. The van der Waals surface area contributed by atoms with Crippen molar-refractivity contribution < 1.29 is 9.50 Å². The molecular formula is C12H15FO. The van der Waals surface area contributed by atoms with Crippen molar-refractivity contribution in [2.45, 2.75) is 32.0 Å². The van der Waals surface area contributed by atoms with Gasteiger partial charge in [0, 0.05) is 5.41 Å². The van der Waals surface area contributed by atoms with Gasteiger partial charge in [0.25, 0.3) is 0 Å². The number of rotatable bonds is 3. The van der Waals surface area contributed by atoms with Crippen molar-refractivity contribution in [2.75, 3.05) is 0 Å². The molecule has 76 valence electrons. The van der Waals surface area contributed by atoms with Crippen LogP contribution in [-0.4, -0.2) is 17.4 Å². The van der Waals surface area contributed by atoms with Crippen LogP contribution in [-0.2, 0) is 6.42 Å². The molecule has 0 saturated heterocycles. The summed E-state index contributed by atoms with van der Waals surface area (Å²) in [6.45, 7) is 1.81. The van der Waals surface area contributed by atoms with Crippen LogP contribution in [0.3, 0.4) is 0 Å². The van der Waals surface area contributed by atoms with Gasteiger partial charge in [-0.3, -0.25) is 0 Å². The van der Waals surface area contributed by atoms with Crippen LogP contribution in [0.4, 0.5) is 4.39 Å². The predicted octanol–water partition coefficient (Wildman–Crippen LogP) is 2.34. The quantitative estimate of drug-likeness (QED) is 0.783. The first-order chi connectivity index (χ1) is 6.63. The molecule has 1 aromatic carbocycles. The lowest BCUT2D eigenvalue weighted by molar-refractivity contribution is 0.0876. The van der Waals surface area contributed by atoms with Crippen molar-refractivity contribution >= 4 is 0 Å². The van der Waals surface area contributed by atoms with Gasteiger partial charge in [-0.15, -0.1) is 0 Å². The van der Waals surface area contributed by atoms with Crippen molar-refractivity contribution in [3.05, 3.63) is 35.9 Å². The van der Waals surface area contributed by atoms with Crippen molar-refractivity contribution in [3.63, 3.8) is 0 Å². The highest BCUT2D eigenvalue weighted by molar-refractivity contribution is 5.18. The first-order valence-corrected chi connectivity index (χ1v) is 4.99. The first kappa shape index (κ1) is 9.66. The van der Waals surface area contributed by atoms with Gasteiger partial charge in [-0.1, -0.05) is 37.3 Å². The SMILES string of the molecule is CC1(C(O)Cc2ccccc2)CC1F. The molecule has 1 N–H and O–H groups in total. The van der Waals surface area contributed by atoms with Gasteiger partial charge in [0.15, 0.2) is 0 Å². The molecule has 0 heterocycles. The van der Waals surface area contributed by atoms with Crippen LogP contribution in [0.2, 0.25) is 0 Å². The molecule has 1 fully saturated rings. The Hall–Kier alpha value is -0.890. The molecule has 1 aliphatic rings. The molecular weight excluding hydrogens is 179 g/mol. The van der Waals surface area contributed by atoms with Gasteiger partial charge in [0.05, 0.1) is 6.10 Å². The van der Waals surface area contributed by atoms with E-state index in [-0.39, 0.29) is 0 Å². The van der Waals surface area contributed by atoms with Crippen LogP contribution in [0.15, 0.2) is 30.3 Å². The highest BCUT2D eigenvalue weighted by Crippen LogP contribution is 2.51. The Bertz CT molecular complexity index is 311. The van der Waals surface area contributed by atoms with Crippen LogP contribution >= 0.6 is 0 Å². The second-order valence-corrected chi connectivity index (χ2v) is 4.38. The lowest BCUT2D eigenvalue weighted by Gasteiger charge is -2.17. The molecule has 0 radical (unpaired) electrons. The summed E-state index contributed by atoms with van der Waals surface area (Å²) in [4.78, 5) is 0. The minimum Gasteiger partial charge on any atom is -0.392 e.